The van der Waals surface area contributed by atoms with E-state index in [0.29, 0.717) is 31.3 Å². The largest absolute Gasteiger partial charge is 0.394 e. The van der Waals surface area contributed by atoms with Gasteiger partial charge >= 0.3 is 0 Å². The Balaban J connectivity index is 1.44. The molecule has 3 fully saturated rings. The van der Waals surface area contributed by atoms with Gasteiger partial charge in [-0.15, -0.1) is 30.0 Å². The molecule has 1 spiro atoms. The van der Waals surface area contributed by atoms with Gasteiger partial charge in [0.05, 0.1) is 34.7 Å². The van der Waals surface area contributed by atoms with Crippen molar-refractivity contribution in [1.82, 2.24) is 24.8 Å². The number of para-hydroxylation sites is 2. The number of aliphatic hydroxyl groups excluding tert-OH is 1. The number of hydrogen-bond donors (Lipinski definition) is 1. The standard InChI is InChI=1S/C36H44N6O4S/c1-6-19-39(23-41-28-16-12-11-15-27(28)37-38-41)34(46)31-36-18-17-35(5,47-36)29(30(36)33(45)42(31)26(22-43)21-24(3)4)32(44)40(20-7-2)25-13-9-8-10-14-25/h6-16,24,26,29-31,43H,1-2,17-23H2,3-5H3/t26-,29-,30+,31?,35+,36?/m1/s1. The summed E-state index contributed by atoms with van der Waals surface area (Å²) in [5, 5.41) is 19.3. The normalized spacial score (nSPS) is 26.9. The highest BCUT2D eigenvalue weighted by Crippen LogP contribution is 2.72. The van der Waals surface area contributed by atoms with Crippen LogP contribution in [0.15, 0.2) is 79.9 Å². The molecule has 0 radical (unpaired) electrons. The first kappa shape index (κ1) is 33.0. The Morgan fingerprint density at radius 1 is 1.06 bits per heavy atom. The van der Waals surface area contributed by atoms with Gasteiger partial charge in [0.2, 0.25) is 17.7 Å². The summed E-state index contributed by atoms with van der Waals surface area (Å²) in [6.45, 7) is 14.3. The molecule has 3 aromatic rings. The first-order valence-corrected chi connectivity index (χ1v) is 17.2. The van der Waals surface area contributed by atoms with Crippen LogP contribution in [0.2, 0.25) is 0 Å². The van der Waals surface area contributed by atoms with Crippen molar-refractivity contribution in [2.75, 3.05) is 24.6 Å². The van der Waals surface area contributed by atoms with Gasteiger partial charge in [-0.05, 0) is 56.4 Å². The smallest absolute Gasteiger partial charge is 0.248 e. The second kappa shape index (κ2) is 12.9. The first-order chi connectivity index (χ1) is 22.6. The Hall–Kier alpha value is -3.96. The molecule has 4 heterocycles. The second-order valence-electron chi connectivity index (χ2n) is 13.6. The lowest BCUT2D eigenvalue weighted by atomic mass is 9.66. The van der Waals surface area contributed by atoms with E-state index in [1.165, 1.54) is 0 Å². The van der Waals surface area contributed by atoms with E-state index in [9.17, 15) is 14.7 Å². The van der Waals surface area contributed by atoms with Crippen LogP contribution < -0.4 is 4.90 Å². The van der Waals surface area contributed by atoms with Gasteiger partial charge in [0.1, 0.15) is 18.2 Å². The molecule has 11 heteroatoms. The number of hydrogen-bond acceptors (Lipinski definition) is 7. The summed E-state index contributed by atoms with van der Waals surface area (Å²) in [5.74, 6) is -1.81. The van der Waals surface area contributed by atoms with Gasteiger partial charge in [-0.1, -0.05) is 61.5 Å². The molecule has 47 heavy (non-hydrogen) atoms. The Bertz CT molecular complexity index is 1680. The molecule has 10 nitrogen and oxygen atoms in total. The predicted octanol–water partition coefficient (Wildman–Crippen LogP) is 4.51. The predicted molar refractivity (Wildman–Crippen MR) is 184 cm³/mol. The maximum Gasteiger partial charge on any atom is 0.248 e. The van der Waals surface area contributed by atoms with Gasteiger partial charge in [-0.25, -0.2) is 4.68 Å². The topological polar surface area (TPSA) is 112 Å². The lowest BCUT2D eigenvalue weighted by molar-refractivity contribution is -0.147. The highest BCUT2D eigenvalue weighted by atomic mass is 32.2. The van der Waals surface area contributed by atoms with Gasteiger partial charge in [-0.3, -0.25) is 14.4 Å². The van der Waals surface area contributed by atoms with Crippen LogP contribution >= 0.6 is 11.8 Å². The SMILES string of the molecule is C=CCN(Cn1nnc2ccccc21)C(=O)C1N([C@@H](CO)CC(C)C)C(=O)[C@@H]2[C@H](C(=O)N(CC=C)c3ccccc3)[C@]3(C)CCC12S3. The number of nitrogens with zero attached hydrogens (tertiary/aromatic N) is 6. The molecular weight excluding hydrogens is 613 g/mol. The highest BCUT2D eigenvalue weighted by molar-refractivity contribution is 8.02. The fraction of sp³-hybridized carbons (Fsp3) is 0.472. The van der Waals surface area contributed by atoms with Crippen molar-refractivity contribution in [2.45, 2.75) is 68.3 Å². The van der Waals surface area contributed by atoms with E-state index < -0.39 is 33.4 Å². The zero-order chi connectivity index (χ0) is 33.5. The van der Waals surface area contributed by atoms with Crippen molar-refractivity contribution in [1.29, 1.82) is 0 Å². The van der Waals surface area contributed by atoms with E-state index in [1.807, 2.05) is 68.4 Å². The third-order valence-electron chi connectivity index (χ3n) is 10.1. The van der Waals surface area contributed by atoms with Crippen LogP contribution in [-0.4, -0.2) is 88.9 Å². The van der Waals surface area contributed by atoms with E-state index in [-0.39, 0.29) is 43.5 Å². The number of thioether (sulfide) groups is 1. The van der Waals surface area contributed by atoms with E-state index in [4.69, 9.17) is 0 Å². The van der Waals surface area contributed by atoms with Gasteiger partial charge in [0.15, 0.2) is 0 Å². The zero-order valence-electron chi connectivity index (χ0n) is 27.4. The molecule has 248 valence electrons. The molecule has 1 aromatic heterocycles. The molecule has 1 N–H and O–H groups in total. The minimum atomic E-state index is -0.875. The van der Waals surface area contributed by atoms with Crippen molar-refractivity contribution < 1.29 is 19.5 Å². The number of rotatable bonds is 13. The number of likely N-dealkylation sites (tertiary alicyclic amines) is 1. The van der Waals surface area contributed by atoms with E-state index in [0.717, 1.165) is 11.2 Å². The van der Waals surface area contributed by atoms with Crippen LogP contribution in [0.25, 0.3) is 11.0 Å². The maximum atomic E-state index is 15.0. The molecule has 2 unspecified atom stereocenters. The van der Waals surface area contributed by atoms with Crippen LogP contribution in [0.4, 0.5) is 5.69 Å². The van der Waals surface area contributed by atoms with E-state index in [1.54, 1.807) is 43.3 Å². The molecule has 2 aromatic carbocycles. The maximum absolute atomic E-state index is 15.0. The summed E-state index contributed by atoms with van der Waals surface area (Å²) < 4.78 is 0.299. The Morgan fingerprint density at radius 3 is 2.45 bits per heavy atom. The van der Waals surface area contributed by atoms with E-state index in [2.05, 4.69) is 30.4 Å². The van der Waals surface area contributed by atoms with Crippen LogP contribution in [0, 0.1) is 17.8 Å². The van der Waals surface area contributed by atoms with Crippen molar-refractivity contribution in [3.8, 4) is 0 Å². The molecule has 3 amide bonds. The zero-order valence-corrected chi connectivity index (χ0v) is 28.2. The molecule has 6 atom stereocenters. The summed E-state index contributed by atoms with van der Waals surface area (Å²) >= 11 is 1.63. The number of aliphatic hydroxyl groups is 1. The molecule has 2 bridgehead atoms. The minimum Gasteiger partial charge on any atom is -0.394 e. The van der Waals surface area contributed by atoms with Crippen molar-refractivity contribution in [2.24, 2.45) is 17.8 Å². The van der Waals surface area contributed by atoms with Crippen molar-refractivity contribution in [3.05, 3.63) is 79.9 Å². The van der Waals surface area contributed by atoms with E-state index >= 15 is 4.79 Å². The molecule has 0 aliphatic carbocycles. The van der Waals surface area contributed by atoms with Gasteiger partial charge < -0.3 is 19.8 Å². The molecule has 0 saturated carbocycles. The number of fused-ring (bicyclic) bond motifs is 2. The van der Waals surface area contributed by atoms with Crippen LogP contribution in [0.3, 0.4) is 0 Å². The summed E-state index contributed by atoms with van der Waals surface area (Å²) in [6, 6.07) is 15.6. The molecule has 3 aliphatic heterocycles. The monoisotopic (exact) mass is 656 g/mol. The van der Waals surface area contributed by atoms with Crippen molar-refractivity contribution in [3.63, 3.8) is 0 Å². The van der Waals surface area contributed by atoms with Gasteiger partial charge in [0, 0.05) is 23.5 Å². The fourth-order valence-electron chi connectivity index (χ4n) is 8.19. The molecule has 3 aliphatic rings. The van der Waals surface area contributed by atoms with Gasteiger partial charge in [-0.2, -0.15) is 0 Å². The number of aromatic nitrogens is 3. The third-order valence-corrected chi connectivity index (χ3v) is 12.1. The number of carbonyl (C=O) groups excluding carboxylic acids is 3. The quantitative estimate of drug-likeness (QED) is 0.270. The summed E-state index contributed by atoms with van der Waals surface area (Å²) in [6.07, 6.45) is 5.20. The number of anilines is 1. The molecule has 6 rings (SSSR count). The molecule has 3 saturated heterocycles. The van der Waals surface area contributed by atoms with Crippen LogP contribution in [-0.2, 0) is 21.1 Å². The average Bonchev–Trinajstić information content (AvgIpc) is 3.77. The van der Waals surface area contributed by atoms with Gasteiger partial charge in [0.25, 0.3) is 0 Å². The number of benzene rings is 2. The second-order valence-corrected chi connectivity index (χ2v) is 15.5. The van der Waals surface area contributed by atoms with Crippen molar-refractivity contribution >= 4 is 46.2 Å². The Kier molecular flexibility index (Phi) is 9.06. The third kappa shape index (κ3) is 5.47. The summed E-state index contributed by atoms with van der Waals surface area (Å²) in [4.78, 5) is 49.7. The lowest BCUT2D eigenvalue weighted by Gasteiger charge is -2.40. The summed E-state index contributed by atoms with van der Waals surface area (Å²) in [7, 11) is 0. The summed E-state index contributed by atoms with van der Waals surface area (Å²) in [5.41, 5.74) is 2.24. The minimum absolute atomic E-state index is 0.115. The average molecular weight is 657 g/mol. The Morgan fingerprint density at radius 2 is 1.77 bits per heavy atom. The van der Waals surface area contributed by atoms with Crippen LogP contribution in [0.1, 0.15) is 40.0 Å². The number of amides is 3. The highest BCUT2D eigenvalue weighted by Gasteiger charge is 2.78. The number of carbonyl (C=O) groups is 3. The Labute approximate surface area is 280 Å². The first-order valence-electron chi connectivity index (χ1n) is 16.4. The lowest BCUT2D eigenvalue weighted by Crippen LogP contribution is -2.57. The van der Waals surface area contributed by atoms with Crippen LogP contribution in [0.5, 0.6) is 0 Å². The fourth-order valence-corrected chi connectivity index (χ4v) is 10.5. The molecular formula is C36H44N6O4S.